The van der Waals surface area contributed by atoms with Crippen LogP contribution in [0.3, 0.4) is 0 Å². The molecule has 1 aliphatic heterocycles. The van der Waals surface area contributed by atoms with Gasteiger partial charge in [0, 0.05) is 45.1 Å². The first-order chi connectivity index (χ1) is 14.5. The van der Waals surface area contributed by atoms with Gasteiger partial charge in [-0.1, -0.05) is 23.5 Å². The van der Waals surface area contributed by atoms with Crippen LogP contribution in [-0.2, 0) is 7.05 Å². The van der Waals surface area contributed by atoms with Crippen molar-refractivity contribution in [2.24, 2.45) is 7.05 Å². The number of rotatable bonds is 2. The van der Waals surface area contributed by atoms with E-state index in [2.05, 4.69) is 16.1 Å². The SMILES string of the molecule is Cc1cc(C(=O)N2CCCN(C(=O)c3cn4c(n3)sc3ccccc34)CC2)nn1C. The van der Waals surface area contributed by atoms with Crippen LogP contribution in [0.15, 0.2) is 36.5 Å². The summed E-state index contributed by atoms with van der Waals surface area (Å²) in [5.74, 6) is -0.167. The summed E-state index contributed by atoms with van der Waals surface area (Å²) >= 11 is 1.58. The van der Waals surface area contributed by atoms with E-state index in [9.17, 15) is 9.59 Å². The highest BCUT2D eigenvalue weighted by molar-refractivity contribution is 7.23. The summed E-state index contributed by atoms with van der Waals surface area (Å²) in [6, 6.07) is 9.88. The van der Waals surface area contributed by atoms with Gasteiger partial charge in [-0.15, -0.1) is 0 Å². The van der Waals surface area contributed by atoms with Crippen molar-refractivity contribution in [1.29, 1.82) is 0 Å². The molecule has 0 spiro atoms. The molecule has 0 radical (unpaired) electrons. The van der Waals surface area contributed by atoms with Gasteiger partial charge in [-0.25, -0.2) is 4.98 Å². The van der Waals surface area contributed by atoms with Crippen molar-refractivity contribution in [2.45, 2.75) is 13.3 Å². The summed E-state index contributed by atoms with van der Waals surface area (Å²) < 4.78 is 4.83. The zero-order valence-electron chi connectivity index (χ0n) is 16.9. The lowest BCUT2D eigenvalue weighted by atomic mass is 10.3. The minimum Gasteiger partial charge on any atom is -0.335 e. The quantitative estimate of drug-likeness (QED) is 0.498. The Labute approximate surface area is 177 Å². The van der Waals surface area contributed by atoms with Crippen molar-refractivity contribution in [3.8, 4) is 0 Å². The number of aryl methyl sites for hydroxylation is 2. The normalized spacial score (nSPS) is 15.1. The third kappa shape index (κ3) is 3.15. The Balaban J connectivity index is 1.32. The number of amides is 2. The molecule has 0 bridgehead atoms. The lowest BCUT2D eigenvalue weighted by molar-refractivity contribution is 0.0713. The second-order valence-corrected chi connectivity index (χ2v) is 8.59. The molecule has 2 amide bonds. The molecular weight excluding hydrogens is 400 g/mol. The number of aromatic nitrogens is 4. The number of carbonyl (C=O) groups excluding carboxylic acids is 2. The lowest BCUT2D eigenvalue weighted by Crippen LogP contribution is -2.37. The Morgan fingerprint density at radius 3 is 2.40 bits per heavy atom. The van der Waals surface area contributed by atoms with Gasteiger partial charge in [0.2, 0.25) is 0 Å². The van der Waals surface area contributed by atoms with Crippen LogP contribution in [0.2, 0.25) is 0 Å². The molecule has 3 aromatic heterocycles. The van der Waals surface area contributed by atoms with E-state index < -0.39 is 0 Å². The minimum atomic E-state index is -0.0852. The van der Waals surface area contributed by atoms with Crippen LogP contribution >= 0.6 is 11.3 Å². The molecule has 0 unspecified atom stereocenters. The highest BCUT2D eigenvalue weighted by Crippen LogP contribution is 2.26. The van der Waals surface area contributed by atoms with Gasteiger partial charge in [-0.3, -0.25) is 18.7 Å². The molecule has 4 heterocycles. The highest BCUT2D eigenvalue weighted by atomic mass is 32.1. The van der Waals surface area contributed by atoms with Gasteiger partial charge < -0.3 is 9.80 Å². The van der Waals surface area contributed by atoms with Crippen LogP contribution in [-0.4, -0.2) is 67.0 Å². The van der Waals surface area contributed by atoms with Crippen LogP contribution in [0.25, 0.3) is 15.2 Å². The van der Waals surface area contributed by atoms with Crippen molar-refractivity contribution >= 4 is 38.3 Å². The van der Waals surface area contributed by atoms with Gasteiger partial charge in [0.25, 0.3) is 11.8 Å². The van der Waals surface area contributed by atoms with Crippen LogP contribution in [0, 0.1) is 6.92 Å². The molecule has 154 valence electrons. The number of hydrogen-bond acceptors (Lipinski definition) is 5. The fourth-order valence-corrected chi connectivity index (χ4v) is 4.87. The summed E-state index contributed by atoms with van der Waals surface area (Å²) in [7, 11) is 1.83. The summed E-state index contributed by atoms with van der Waals surface area (Å²) in [5.41, 5.74) is 2.91. The molecule has 1 fully saturated rings. The van der Waals surface area contributed by atoms with E-state index in [-0.39, 0.29) is 11.8 Å². The van der Waals surface area contributed by atoms with E-state index in [0.717, 1.165) is 27.3 Å². The standard InChI is InChI=1S/C21H22N6O2S/c1-14-12-15(23-24(14)2)19(28)25-8-5-9-26(11-10-25)20(29)16-13-27-17-6-3-4-7-18(17)30-21(27)22-16/h3-4,6-7,12-13H,5,8-11H2,1-2H3. The van der Waals surface area contributed by atoms with Gasteiger partial charge in [0.1, 0.15) is 5.69 Å². The lowest BCUT2D eigenvalue weighted by Gasteiger charge is -2.21. The predicted molar refractivity (Wildman–Crippen MR) is 115 cm³/mol. The van der Waals surface area contributed by atoms with Crippen molar-refractivity contribution in [1.82, 2.24) is 29.0 Å². The number of para-hydroxylation sites is 1. The summed E-state index contributed by atoms with van der Waals surface area (Å²) in [6.07, 6.45) is 2.55. The summed E-state index contributed by atoms with van der Waals surface area (Å²) in [6.45, 7) is 4.12. The third-order valence-corrected chi connectivity index (χ3v) is 6.66. The Bertz CT molecular complexity index is 1250. The molecule has 5 rings (SSSR count). The number of benzene rings is 1. The molecule has 0 aliphatic carbocycles. The smallest absolute Gasteiger partial charge is 0.274 e. The molecule has 30 heavy (non-hydrogen) atoms. The summed E-state index contributed by atoms with van der Waals surface area (Å²) in [5, 5.41) is 4.29. The minimum absolute atomic E-state index is 0.0815. The molecule has 1 aromatic carbocycles. The maximum atomic E-state index is 13.1. The van der Waals surface area contributed by atoms with Gasteiger partial charge >= 0.3 is 0 Å². The van der Waals surface area contributed by atoms with Crippen molar-refractivity contribution < 1.29 is 9.59 Å². The van der Waals surface area contributed by atoms with E-state index in [4.69, 9.17) is 0 Å². The summed E-state index contributed by atoms with van der Waals surface area (Å²) in [4.78, 5) is 34.9. The van der Waals surface area contributed by atoms with Gasteiger partial charge in [-0.2, -0.15) is 5.10 Å². The monoisotopic (exact) mass is 422 g/mol. The largest absolute Gasteiger partial charge is 0.335 e. The van der Waals surface area contributed by atoms with Gasteiger partial charge in [0.15, 0.2) is 10.7 Å². The second-order valence-electron chi connectivity index (χ2n) is 7.58. The molecule has 1 aliphatic rings. The number of hydrogen-bond donors (Lipinski definition) is 0. The number of thiazole rings is 1. The number of fused-ring (bicyclic) bond motifs is 3. The van der Waals surface area contributed by atoms with Crippen molar-refractivity contribution in [2.75, 3.05) is 26.2 Å². The third-order valence-electron chi connectivity index (χ3n) is 5.62. The Morgan fingerprint density at radius 2 is 1.70 bits per heavy atom. The average Bonchev–Trinajstić information content (AvgIpc) is 3.33. The van der Waals surface area contributed by atoms with Gasteiger partial charge in [-0.05, 0) is 31.5 Å². The topological polar surface area (TPSA) is 75.7 Å². The Hall–Kier alpha value is -3.20. The average molecular weight is 423 g/mol. The molecule has 4 aromatic rings. The second kappa shape index (κ2) is 7.24. The van der Waals surface area contributed by atoms with Crippen LogP contribution in [0.1, 0.15) is 33.1 Å². The van der Waals surface area contributed by atoms with Crippen molar-refractivity contribution in [3.63, 3.8) is 0 Å². The van der Waals surface area contributed by atoms with Gasteiger partial charge in [0.05, 0.1) is 10.2 Å². The molecule has 1 saturated heterocycles. The molecule has 0 N–H and O–H groups in total. The van der Waals surface area contributed by atoms with E-state index in [0.29, 0.717) is 37.6 Å². The Morgan fingerprint density at radius 1 is 1.00 bits per heavy atom. The van der Waals surface area contributed by atoms with E-state index in [1.807, 2.05) is 42.8 Å². The van der Waals surface area contributed by atoms with E-state index in [1.54, 1.807) is 31.9 Å². The highest BCUT2D eigenvalue weighted by Gasteiger charge is 2.26. The molecule has 8 nitrogen and oxygen atoms in total. The first-order valence-corrected chi connectivity index (χ1v) is 10.8. The maximum Gasteiger partial charge on any atom is 0.274 e. The Kier molecular flexibility index (Phi) is 4.54. The van der Waals surface area contributed by atoms with E-state index in [1.165, 1.54) is 0 Å². The first-order valence-electron chi connectivity index (χ1n) is 9.97. The van der Waals surface area contributed by atoms with E-state index >= 15 is 0 Å². The number of nitrogens with zero attached hydrogens (tertiary/aromatic N) is 6. The zero-order chi connectivity index (χ0) is 20.8. The predicted octanol–water partition coefficient (Wildman–Crippen LogP) is 2.58. The number of carbonyl (C=O) groups is 2. The fraction of sp³-hybridized carbons (Fsp3) is 0.333. The maximum absolute atomic E-state index is 13.1. The molecule has 0 atom stereocenters. The first kappa shape index (κ1) is 18.8. The van der Waals surface area contributed by atoms with Crippen molar-refractivity contribution in [3.05, 3.63) is 53.6 Å². The van der Waals surface area contributed by atoms with Crippen LogP contribution in [0.4, 0.5) is 0 Å². The van der Waals surface area contributed by atoms with Crippen LogP contribution in [0.5, 0.6) is 0 Å². The fourth-order valence-electron chi connectivity index (χ4n) is 3.86. The number of imidazole rings is 1. The zero-order valence-corrected chi connectivity index (χ0v) is 17.7. The molecule has 0 saturated carbocycles. The van der Waals surface area contributed by atoms with Crippen LogP contribution < -0.4 is 0 Å². The molecule has 9 heteroatoms. The molecular formula is C21H22N6O2S.